The molecular formula is C17H23N5O3. The summed E-state index contributed by atoms with van der Waals surface area (Å²) in [4.78, 5) is 24.9. The second-order valence-corrected chi connectivity index (χ2v) is 5.73. The fraction of sp³-hybridized carbons (Fsp3) is 0.412. The maximum atomic E-state index is 12.4. The second kappa shape index (κ2) is 7.78. The van der Waals surface area contributed by atoms with E-state index in [-0.39, 0.29) is 11.7 Å². The predicted molar refractivity (Wildman–Crippen MR) is 97.0 cm³/mol. The lowest BCUT2D eigenvalue weighted by Crippen LogP contribution is -2.25. The number of nitro groups is 1. The third kappa shape index (κ3) is 4.14. The molecule has 0 bridgehead atoms. The van der Waals surface area contributed by atoms with Gasteiger partial charge in [0.05, 0.1) is 16.9 Å². The molecule has 0 saturated carbocycles. The first-order valence-electron chi connectivity index (χ1n) is 8.23. The largest absolute Gasteiger partial charge is 0.390 e. The van der Waals surface area contributed by atoms with Crippen LogP contribution >= 0.6 is 0 Å². The van der Waals surface area contributed by atoms with Crippen molar-refractivity contribution < 1.29 is 9.72 Å². The van der Waals surface area contributed by atoms with Crippen LogP contribution in [0.5, 0.6) is 0 Å². The monoisotopic (exact) mass is 345 g/mol. The van der Waals surface area contributed by atoms with Crippen molar-refractivity contribution in [2.24, 2.45) is 0 Å². The highest BCUT2D eigenvalue weighted by molar-refractivity contribution is 5.93. The fourth-order valence-corrected chi connectivity index (χ4v) is 2.65. The lowest BCUT2D eigenvalue weighted by molar-refractivity contribution is -0.389. The van der Waals surface area contributed by atoms with Gasteiger partial charge in [-0.3, -0.25) is 4.79 Å². The van der Waals surface area contributed by atoms with Gasteiger partial charge in [0.2, 0.25) is 0 Å². The fourth-order valence-electron chi connectivity index (χ4n) is 2.65. The van der Waals surface area contributed by atoms with Crippen LogP contribution in [0.1, 0.15) is 32.5 Å². The average Bonchev–Trinajstić information content (AvgIpc) is 2.99. The highest BCUT2D eigenvalue weighted by atomic mass is 16.6. The Kier molecular flexibility index (Phi) is 5.74. The van der Waals surface area contributed by atoms with Crippen molar-refractivity contribution in [1.82, 2.24) is 9.78 Å². The summed E-state index contributed by atoms with van der Waals surface area (Å²) < 4.78 is 1.36. The zero-order valence-corrected chi connectivity index (χ0v) is 14.9. The Hall–Kier alpha value is -2.90. The van der Waals surface area contributed by atoms with Crippen LogP contribution in [0.25, 0.3) is 0 Å². The lowest BCUT2D eigenvalue weighted by Gasteiger charge is -2.21. The van der Waals surface area contributed by atoms with Crippen LogP contribution < -0.4 is 10.2 Å². The zero-order valence-electron chi connectivity index (χ0n) is 14.9. The summed E-state index contributed by atoms with van der Waals surface area (Å²) in [6.07, 6.45) is 0. The summed E-state index contributed by atoms with van der Waals surface area (Å²) in [5, 5.41) is 17.5. The van der Waals surface area contributed by atoms with Crippen LogP contribution in [0.2, 0.25) is 0 Å². The Morgan fingerprint density at radius 2 is 1.92 bits per heavy atom. The Balaban J connectivity index is 2.10. The van der Waals surface area contributed by atoms with Crippen LogP contribution in [-0.2, 0) is 4.79 Å². The summed E-state index contributed by atoms with van der Waals surface area (Å²) in [6, 6.07) is 8.29. The molecule has 25 heavy (non-hydrogen) atoms. The summed E-state index contributed by atoms with van der Waals surface area (Å²) in [7, 11) is 0. The number of carbonyl (C=O) groups is 1. The molecule has 0 aliphatic carbocycles. The Morgan fingerprint density at radius 1 is 1.32 bits per heavy atom. The van der Waals surface area contributed by atoms with Gasteiger partial charge in [-0.05, 0) is 56.9 Å². The van der Waals surface area contributed by atoms with E-state index in [0.29, 0.717) is 11.4 Å². The highest BCUT2D eigenvalue weighted by Crippen LogP contribution is 2.20. The minimum Gasteiger partial charge on any atom is -0.372 e. The number of nitrogens with one attached hydrogen (secondary N) is 1. The molecule has 1 heterocycles. The van der Waals surface area contributed by atoms with Gasteiger partial charge in [0.25, 0.3) is 5.91 Å². The number of rotatable bonds is 7. The molecule has 1 aromatic carbocycles. The van der Waals surface area contributed by atoms with Crippen molar-refractivity contribution in [3.63, 3.8) is 0 Å². The minimum absolute atomic E-state index is 0.263. The molecule has 0 fully saturated rings. The van der Waals surface area contributed by atoms with E-state index in [4.69, 9.17) is 0 Å². The number of hydrogen-bond acceptors (Lipinski definition) is 5. The standard InChI is InChI=1S/C17H23N5O3/c1-5-20(6-2)15-9-7-14(8-10-15)18-17(23)13(4)21-12(3)11-16(19-21)22(24)25/h7-11,13H,5-6H2,1-4H3,(H,18,23). The Morgan fingerprint density at radius 3 is 2.40 bits per heavy atom. The molecule has 1 N–H and O–H groups in total. The molecule has 1 atom stereocenters. The molecule has 2 rings (SSSR count). The van der Waals surface area contributed by atoms with Gasteiger partial charge in [0.15, 0.2) is 0 Å². The average molecular weight is 345 g/mol. The minimum atomic E-state index is -0.656. The van der Waals surface area contributed by atoms with Crippen molar-refractivity contribution in [2.45, 2.75) is 33.7 Å². The van der Waals surface area contributed by atoms with E-state index in [1.54, 1.807) is 13.8 Å². The summed E-state index contributed by atoms with van der Waals surface area (Å²) in [6.45, 7) is 9.35. The number of hydrogen-bond donors (Lipinski definition) is 1. The van der Waals surface area contributed by atoms with Gasteiger partial charge in [-0.2, -0.15) is 4.68 Å². The quantitative estimate of drug-likeness (QED) is 0.614. The van der Waals surface area contributed by atoms with Crippen LogP contribution in [-0.4, -0.2) is 33.7 Å². The van der Waals surface area contributed by atoms with Gasteiger partial charge in [0, 0.05) is 24.5 Å². The summed E-state index contributed by atoms with van der Waals surface area (Å²) in [5.74, 6) is -0.544. The van der Waals surface area contributed by atoms with Gasteiger partial charge in [-0.25, -0.2) is 0 Å². The molecule has 8 nitrogen and oxygen atoms in total. The van der Waals surface area contributed by atoms with E-state index in [1.165, 1.54) is 10.7 Å². The van der Waals surface area contributed by atoms with Gasteiger partial charge in [-0.15, -0.1) is 0 Å². The zero-order chi connectivity index (χ0) is 18.6. The van der Waals surface area contributed by atoms with E-state index in [2.05, 4.69) is 29.2 Å². The molecule has 0 aliphatic rings. The van der Waals surface area contributed by atoms with Gasteiger partial charge in [0.1, 0.15) is 6.04 Å². The first kappa shape index (κ1) is 18.4. The number of benzene rings is 1. The van der Waals surface area contributed by atoms with E-state index in [1.807, 2.05) is 24.3 Å². The number of amides is 1. The smallest absolute Gasteiger partial charge is 0.372 e. The molecule has 8 heteroatoms. The van der Waals surface area contributed by atoms with Crippen molar-refractivity contribution in [3.05, 3.63) is 46.1 Å². The number of anilines is 2. The first-order valence-corrected chi connectivity index (χ1v) is 8.23. The molecule has 1 aromatic heterocycles. The third-order valence-corrected chi connectivity index (χ3v) is 4.11. The maximum absolute atomic E-state index is 12.4. The van der Waals surface area contributed by atoms with Crippen LogP contribution in [0.15, 0.2) is 30.3 Å². The second-order valence-electron chi connectivity index (χ2n) is 5.73. The number of aromatic nitrogens is 2. The van der Waals surface area contributed by atoms with E-state index >= 15 is 0 Å². The summed E-state index contributed by atoms with van der Waals surface area (Å²) in [5.41, 5.74) is 2.33. The SMILES string of the molecule is CCN(CC)c1ccc(NC(=O)C(C)n2nc([N+](=O)[O-])cc2C)cc1. The maximum Gasteiger partial charge on any atom is 0.390 e. The molecule has 1 unspecified atom stereocenters. The normalized spacial score (nSPS) is 11.8. The van der Waals surface area contributed by atoms with E-state index < -0.39 is 11.0 Å². The van der Waals surface area contributed by atoms with Crippen molar-refractivity contribution >= 4 is 23.1 Å². The topological polar surface area (TPSA) is 93.3 Å². The van der Waals surface area contributed by atoms with Gasteiger partial charge in [-0.1, -0.05) is 0 Å². The van der Waals surface area contributed by atoms with Gasteiger partial charge >= 0.3 is 5.82 Å². The van der Waals surface area contributed by atoms with Crippen molar-refractivity contribution in [3.8, 4) is 0 Å². The molecule has 2 aromatic rings. The first-order chi connectivity index (χ1) is 11.9. The summed E-state index contributed by atoms with van der Waals surface area (Å²) >= 11 is 0. The molecular weight excluding hydrogens is 322 g/mol. The Bertz CT molecular complexity index is 750. The molecule has 134 valence electrons. The van der Waals surface area contributed by atoms with Gasteiger partial charge < -0.3 is 20.3 Å². The molecule has 0 radical (unpaired) electrons. The van der Waals surface area contributed by atoms with Crippen molar-refractivity contribution in [1.29, 1.82) is 0 Å². The Labute approximate surface area is 146 Å². The van der Waals surface area contributed by atoms with E-state index in [9.17, 15) is 14.9 Å². The predicted octanol–water partition coefficient (Wildman–Crippen LogP) is 3.15. The molecule has 0 aliphatic heterocycles. The van der Waals surface area contributed by atoms with Crippen molar-refractivity contribution in [2.75, 3.05) is 23.3 Å². The molecule has 0 spiro atoms. The molecule has 1 amide bonds. The number of carbonyl (C=O) groups excluding carboxylic acids is 1. The van der Waals surface area contributed by atoms with Crippen LogP contribution in [0.4, 0.5) is 17.2 Å². The van der Waals surface area contributed by atoms with Crippen LogP contribution in [0, 0.1) is 17.0 Å². The lowest BCUT2D eigenvalue weighted by atomic mass is 10.2. The number of aryl methyl sites for hydroxylation is 1. The van der Waals surface area contributed by atoms with E-state index in [0.717, 1.165) is 18.8 Å². The third-order valence-electron chi connectivity index (χ3n) is 4.11. The molecule has 0 saturated heterocycles. The number of nitrogens with zero attached hydrogens (tertiary/aromatic N) is 4. The highest BCUT2D eigenvalue weighted by Gasteiger charge is 2.24. The van der Waals surface area contributed by atoms with Crippen LogP contribution in [0.3, 0.4) is 0 Å².